The van der Waals surface area contributed by atoms with Crippen LogP contribution in [0.3, 0.4) is 0 Å². The van der Waals surface area contributed by atoms with E-state index in [2.05, 4.69) is 19.2 Å². The lowest BCUT2D eigenvalue weighted by molar-refractivity contribution is -0.00821. The molecule has 0 amide bonds. The van der Waals surface area contributed by atoms with Crippen LogP contribution in [0.15, 0.2) is 11.1 Å². The van der Waals surface area contributed by atoms with Gasteiger partial charge in [0.15, 0.2) is 0 Å². The summed E-state index contributed by atoms with van der Waals surface area (Å²) in [4.78, 5) is 0. The van der Waals surface area contributed by atoms with E-state index in [9.17, 15) is 0 Å². The van der Waals surface area contributed by atoms with Crippen molar-refractivity contribution in [1.82, 2.24) is 5.32 Å². The van der Waals surface area contributed by atoms with Crippen LogP contribution in [0.5, 0.6) is 0 Å². The van der Waals surface area contributed by atoms with E-state index in [4.69, 9.17) is 16.3 Å². The molecule has 0 spiro atoms. The molecule has 0 aliphatic heterocycles. The molecule has 0 atom stereocenters. The Kier molecular flexibility index (Phi) is 6.39. The summed E-state index contributed by atoms with van der Waals surface area (Å²) < 4.78 is 5.53. The first-order chi connectivity index (χ1) is 6.02. The summed E-state index contributed by atoms with van der Waals surface area (Å²) in [7, 11) is 0. The SMILES string of the molecule is CCOC(C)(C)CNCC(C)=CCl. The molecule has 1 N–H and O–H groups in total. The zero-order chi connectivity index (χ0) is 10.3. The minimum atomic E-state index is -0.0959. The minimum absolute atomic E-state index is 0.0959. The van der Waals surface area contributed by atoms with Gasteiger partial charge < -0.3 is 10.1 Å². The molecule has 0 aliphatic rings. The van der Waals surface area contributed by atoms with Crippen LogP contribution >= 0.6 is 11.6 Å². The zero-order valence-corrected chi connectivity index (χ0v) is 9.74. The molecule has 0 aliphatic carbocycles. The third kappa shape index (κ3) is 7.05. The third-order valence-electron chi connectivity index (χ3n) is 1.68. The van der Waals surface area contributed by atoms with Crippen LogP contribution in [-0.2, 0) is 4.74 Å². The summed E-state index contributed by atoms with van der Waals surface area (Å²) >= 11 is 5.53. The van der Waals surface area contributed by atoms with Gasteiger partial charge in [-0.1, -0.05) is 11.6 Å². The molecular weight excluding hydrogens is 186 g/mol. The Hall–Kier alpha value is -0.0500. The summed E-state index contributed by atoms with van der Waals surface area (Å²) in [5.41, 5.74) is 2.64. The second-order valence-corrected chi connectivity index (χ2v) is 3.97. The van der Waals surface area contributed by atoms with E-state index in [1.54, 1.807) is 5.54 Å². The van der Waals surface area contributed by atoms with Crippen LogP contribution < -0.4 is 5.32 Å². The Bertz CT molecular complexity index is 166. The lowest BCUT2D eigenvalue weighted by atomic mass is 10.1. The minimum Gasteiger partial charge on any atom is -0.375 e. The van der Waals surface area contributed by atoms with Crippen molar-refractivity contribution in [3.8, 4) is 0 Å². The number of ether oxygens (including phenoxy) is 1. The van der Waals surface area contributed by atoms with Gasteiger partial charge in [0.1, 0.15) is 0 Å². The molecule has 0 bridgehead atoms. The van der Waals surface area contributed by atoms with E-state index < -0.39 is 0 Å². The molecule has 0 heterocycles. The lowest BCUT2D eigenvalue weighted by Crippen LogP contribution is -2.38. The van der Waals surface area contributed by atoms with Crippen molar-refractivity contribution in [2.24, 2.45) is 0 Å². The molecule has 0 aromatic carbocycles. The lowest BCUT2D eigenvalue weighted by Gasteiger charge is -2.25. The van der Waals surface area contributed by atoms with Crippen LogP contribution in [0, 0.1) is 0 Å². The molecular formula is C10H20ClNO. The fourth-order valence-electron chi connectivity index (χ4n) is 1.04. The number of hydrogen-bond donors (Lipinski definition) is 1. The van der Waals surface area contributed by atoms with Crippen molar-refractivity contribution in [2.75, 3.05) is 19.7 Å². The van der Waals surface area contributed by atoms with E-state index in [-0.39, 0.29) is 5.60 Å². The molecule has 0 radical (unpaired) electrons. The second-order valence-electron chi connectivity index (χ2n) is 3.75. The molecule has 0 saturated heterocycles. The highest BCUT2D eigenvalue weighted by atomic mass is 35.5. The molecule has 0 aromatic heterocycles. The van der Waals surface area contributed by atoms with E-state index in [0.29, 0.717) is 0 Å². The van der Waals surface area contributed by atoms with E-state index in [1.165, 1.54) is 0 Å². The highest BCUT2D eigenvalue weighted by molar-refractivity contribution is 6.25. The maximum absolute atomic E-state index is 5.53. The maximum Gasteiger partial charge on any atom is 0.0750 e. The highest BCUT2D eigenvalue weighted by Crippen LogP contribution is 2.06. The average Bonchev–Trinajstić information content (AvgIpc) is 2.03. The number of nitrogens with one attached hydrogen (secondary N) is 1. The first-order valence-electron chi connectivity index (χ1n) is 4.62. The first kappa shape index (κ1) is 12.9. The van der Waals surface area contributed by atoms with Gasteiger partial charge in [0, 0.05) is 25.2 Å². The highest BCUT2D eigenvalue weighted by Gasteiger charge is 2.16. The van der Waals surface area contributed by atoms with Crippen molar-refractivity contribution >= 4 is 11.6 Å². The molecule has 0 rings (SSSR count). The molecule has 3 heteroatoms. The second kappa shape index (κ2) is 6.41. The van der Waals surface area contributed by atoms with Gasteiger partial charge in [0.25, 0.3) is 0 Å². The zero-order valence-electron chi connectivity index (χ0n) is 8.98. The van der Waals surface area contributed by atoms with Gasteiger partial charge >= 0.3 is 0 Å². The van der Waals surface area contributed by atoms with Crippen molar-refractivity contribution in [3.05, 3.63) is 11.1 Å². The van der Waals surface area contributed by atoms with Gasteiger partial charge in [-0.3, -0.25) is 0 Å². The van der Waals surface area contributed by atoms with Crippen molar-refractivity contribution in [3.63, 3.8) is 0 Å². The van der Waals surface area contributed by atoms with Crippen molar-refractivity contribution < 1.29 is 4.74 Å². The topological polar surface area (TPSA) is 21.3 Å². The van der Waals surface area contributed by atoms with Crippen LogP contribution in [0.2, 0.25) is 0 Å². The Morgan fingerprint density at radius 1 is 1.54 bits per heavy atom. The van der Waals surface area contributed by atoms with Crippen molar-refractivity contribution in [1.29, 1.82) is 0 Å². The predicted molar refractivity (Wildman–Crippen MR) is 58.2 cm³/mol. The number of halogens is 1. The third-order valence-corrected chi connectivity index (χ3v) is 2.05. The number of hydrogen-bond acceptors (Lipinski definition) is 2. The van der Waals surface area contributed by atoms with Crippen LogP contribution in [0.1, 0.15) is 27.7 Å². The Labute approximate surface area is 86.3 Å². The summed E-state index contributed by atoms with van der Waals surface area (Å²) in [5, 5.41) is 3.28. The van der Waals surface area contributed by atoms with Crippen LogP contribution in [0.4, 0.5) is 0 Å². The summed E-state index contributed by atoms with van der Waals surface area (Å²) in [6.07, 6.45) is 0. The smallest absolute Gasteiger partial charge is 0.0750 e. The molecule has 0 saturated carbocycles. The number of rotatable bonds is 6. The molecule has 78 valence electrons. The van der Waals surface area contributed by atoms with E-state index in [0.717, 1.165) is 25.3 Å². The van der Waals surface area contributed by atoms with Gasteiger partial charge in [-0.05, 0) is 33.3 Å². The summed E-state index contributed by atoms with van der Waals surface area (Å²) in [5.74, 6) is 0. The maximum atomic E-state index is 5.53. The molecule has 0 fully saturated rings. The van der Waals surface area contributed by atoms with Gasteiger partial charge in [-0.2, -0.15) is 0 Å². The summed E-state index contributed by atoms with van der Waals surface area (Å²) in [6, 6.07) is 0. The quantitative estimate of drug-likeness (QED) is 0.720. The Morgan fingerprint density at radius 3 is 2.62 bits per heavy atom. The van der Waals surface area contributed by atoms with E-state index >= 15 is 0 Å². The predicted octanol–water partition coefficient (Wildman–Crippen LogP) is 2.53. The van der Waals surface area contributed by atoms with Gasteiger partial charge in [-0.25, -0.2) is 0 Å². The molecule has 2 nitrogen and oxygen atoms in total. The van der Waals surface area contributed by atoms with Gasteiger partial charge in [-0.15, -0.1) is 0 Å². The fraction of sp³-hybridized carbons (Fsp3) is 0.800. The van der Waals surface area contributed by atoms with E-state index in [1.807, 2.05) is 13.8 Å². The van der Waals surface area contributed by atoms with Gasteiger partial charge in [0.2, 0.25) is 0 Å². The standard InChI is InChI=1S/C10H20ClNO/c1-5-13-10(3,4)8-12-7-9(2)6-11/h6,12H,5,7-8H2,1-4H3. The van der Waals surface area contributed by atoms with Crippen LogP contribution in [-0.4, -0.2) is 25.3 Å². The van der Waals surface area contributed by atoms with Gasteiger partial charge in [0.05, 0.1) is 5.60 Å². The first-order valence-corrected chi connectivity index (χ1v) is 5.06. The summed E-state index contributed by atoms with van der Waals surface area (Å²) in [6.45, 7) is 10.5. The molecule has 0 unspecified atom stereocenters. The van der Waals surface area contributed by atoms with Crippen molar-refractivity contribution in [2.45, 2.75) is 33.3 Å². The largest absolute Gasteiger partial charge is 0.375 e. The Morgan fingerprint density at radius 2 is 2.15 bits per heavy atom. The monoisotopic (exact) mass is 205 g/mol. The fourth-order valence-corrected chi connectivity index (χ4v) is 1.12. The van der Waals surface area contributed by atoms with Crippen LogP contribution in [0.25, 0.3) is 0 Å². The molecule has 13 heavy (non-hydrogen) atoms. The Balaban J connectivity index is 3.63. The normalized spacial score (nSPS) is 13.5. The molecule has 0 aromatic rings. The average molecular weight is 206 g/mol.